The minimum Gasteiger partial charge on any atom is -0.508 e. The number of hydrogen-bond donors (Lipinski definition) is 8. The molecule has 0 saturated carbocycles. The molecule has 0 saturated heterocycles. The van der Waals surface area contributed by atoms with Gasteiger partial charge in [-0.2, -0.15) is 0 Å². The summed E-state index contributed by atoms with van der Waals surface area (Å²) in [7, 11) is 0. The van der Waals surface area contributed by atoms with Crippen molar-refractivity contribution in [3.8, 4) is 28.7 Å². The maximum Gasteiger partial charge on any atom is 0.128 e. The van der Waals surface area contributed by atoms with Crippen LogP contribution >= 0.6 is 0 Å². The standard InChI is InChI=1S/C86H102N6O5/c1-13-63-40-59(41-64(14-2)83(63)88)36-60-42-65(15-3)85(92-56(12)73-32-30-71(94)49-82(73)97)68(43-60)23-17-16-22-67-39-58(28-34-79(67)91-55(11)72-31-29-70(93)48-81(72)96)35-57-27-33-78(87)66(38-57)25-20-21-54(10)77-47-61(44-74(51(4)5)84(77)89)37-62-45-75(52(6)7)86(76(46-62)53(8)9)90-50-69-24-18-19-26-80(69)95/h18-19,24,26-34,38-54,93-97H,13-17,20-23,25,35-37,87-89H2,1-12H3. The lowest BCUT2D eigenvalue weighted by Crippen LogP contribution is -2.08. The van der Waals surface area contributed by atoms with Crippen LogP contribution in [0.3, 0.4) is 0 Å². The Kier molecular flexibility index (Phi) is 24.0. The monoisotopic (exact) mass is 1300 g/mol. The molecule has 0 amide bonds. The number of benzene rings is 9. The van der Waals surface area contributed by atoms with Gasteiger partial charge in [0.1, 0.15) is 28.7 Å². The van der Waals surface area contributed by atoms with Crippen molar-refractivity contribution in [1.29, 1.82) is 0 Å². The Hall–Kier alpha value is -9.61. The zero-order valence-corrected chi connectivity index (χ0v) is 59.2. The quantitative estimate of drug-likeness (QED) is 0.0134. The summed E-state index contributed by atoms with van der Waals surface area (Å²) in [5.41, 5.74) is 47.8. The first kappa shape index (κ1) is 71.7. The first-order valence-electron chi connectivity index (χ1n) is 35.0. The predicted octanol–water partition coefficient (Wildman–Crippen LogP) is 20.5. The number of nitrogens with zero attached hydrogens (tertiary/aromatic N) is 3. The summed E-state index contributed by atoms with van der Waals surface area (Å²) in [6.07, 6.45) is 12.4. The first-order chi connectivity index (χ1) is 46.4. The molecule has 0 fully saturated rings. The molecule has 1 unspecified atom stereocenters. The lowest BCUT2D eigenvalue weighted by Gasteiger charge is -2.22. The van der Waals surface area contributed by atoms with E-state index in [4.69, 9.17) is 32.2 Å². The van der Waals surface area contributed by atoms with Crippen molar-refractivity contribution in [2.45, 2.75) is 190 Å². The summed E-state index contributed by atoms with van der Waals surface area (Å²) in [4.78, 5) is 15.5. The Balaban J connectivity index is 0.948. The van der Waals surface area contributed by atoms with Gasteiger partial charge in [-0.05, 0) is 259 Å². The number of hydrogen-bond acceptors (Lipinski definition) is 11. The smallest absolute Gasteiger partial charge is 0.128 e. The molecule has 0 radical (unpaired) electrons. The molecule has 506 valence electrons. The number of aryl methyl sites for hydroxylation is 6. The van der Waals surface area contributed by atoms with E-state index in [1.165, 1.54) is 73.3 Å². The van der Waals surface area contributed by atoms with Crippen molar-refractivity contribution in [2.75, 3.05) is 17.2 Å². The zero-order valence-electron chi connectivity index (χ0n) is 59.2. The van der Waals surface area contributed by atoms with Crippen molar-refractivity contribution in [3.63, 3.8) is 0 Å². The van der Waals surface area contributed by atoms with Crippen LogP contribution in [0.4, 0.5) is 34.1 Å². The van der Waals surface area contributed by atoms with Gasteiger partial charge in [0.2, 0.25) is 0 Å². The van der Waals surface area contributed by atoms with Crippen LogP contribution in [0.15, 0.2) is 161 Å². The molecule has 11 nitrogen and oxygen atoms in total. The van der Waals surface area contributed by atoms with Gasteiger partial charge in [-0.15, -0.1) is 0 Å². The number of rotatable bonds is 28. The van der Waals surface area contributed by atoms with E-state index in [1.54, 1.807) is 36.5 Å². The molecule has 0 aromatic heterocycles. The molecule has 0 aliphatic rings. The van der Waals surface area contributed by atoms with Gasteiger partial charge in [-0.3, -0.25) is 15.0 Å². The Labute approximate surface area is 576 Å². The molecule has 0 bridgehead atoms. The molecule has 9 aromatic carbocycles. The highest BCUT2D eigenvalue weighted by Gasteiger charge is 2.22. The number of aromatic hydroxyl groups is 5. The van der Waals surface area contributed by atoms with Crippen molar-refractivity contribution >= 4 is 51.8 Å². The van der Waals surface area contributed by atoms with E-state index in [-0.39, 0.29) is 52.4 Å². The maximum absolute atomic E-state index is 10.9. The van der Waals surface area contributed by atoms with Crippen LogP contribution in [0.1, 0.15) is 238 Å². The molecule has 11 N–H and O–H groups in total. The Morgan fingerprint density at radius 2 is 0.876 bits per heavy atom. The fourth-order valence-electron chi connectivity index (χ4n) is 13.7. The van der Waals surface area contributed by atoms with Crippen molar-refractivity contribution < 1.29 is 25.5 Å². The lowest BCUT2D eigenvalue weighted by molar-refractivity contribution is 0.449. The minimum absolute atomic E-state index is 0.00824. The number of phenolic OH excluding ortho intramolecular Hbond substituents is 5. The van der Waals surface area contributed by atoms with Gasteiger partial charge in [0.15, 0.2) is 0 Å². The van der Waals surface area contributed by atoms with Crippen molar-refractivity contribution in [3.05, 3.63) is 251 Å². The second kappa shape index (κ2) is 32.4. The normalized spacial score (nSPS) is 12.5. The maximum atomic E-state index is 10.9. The molecule has 97 heavy (non-hydrogen) atoms. The Morgan fingerprint density at radius 3 is 1.43 bits per heavy atom. The van der Waals surface area contributed by atoms with E-state index in [2.05, 4.69) is 148 Å². The van der Waals surface area contributed by atoms with Crippen LogP contribution in [0.5, 0.6) is 28.7 Å². The van der Waals surface area contributed by atoms with E-state index in [1.807, 2.05) is 38.1 Å². The van der Waals surface area contributed by atoms with Crippen LogP contribution in [0, 0.1) is 0 Å². The van der Waals surface area contributed by atoms with Crippen LogP contribution in [0.25, 0.3) is 0 Å². The molecule has 1 atom stereocenters. The van der Waals surface area contributed by atoms with Gasteiger partial charge in [0.25, 0.3) is 0 Å². The Bertz CT molecular complexity index is 4330. The van der Waals surface area contributed by atoms with E-state index < -0.39 is 0 Å². The van der Waals surface area contributed by atoms with Crippen LogP contribution in [-0.2, 0) is 57.8 Å². The minimum atomic E-state index is -0.0349. The van der Waals surface area contributed by atoms with Gasteiger partial charge < -0.3 is 42.7 Å². The van der Waals surface area contributed by atoms with E-state index in [0.29, 0.717) is 34.5 Å². The summed E-state index contributed by atoms with van der Waals surface area (Å²) in [6.45, 7) is 25.9. The van der Waals surface area contributed by atoms with E-state index in [0.717, 1.165) is 139 Å². The second-order valence-corrected chi connectivity index (χ2v) is 27.6. The third-order valence-electron chi connectivity index (χ3n) is 19.2. The van der Waals surface area contributed by atoms with Gasteiger partial charge in [-0.1, -0.05) is 154 Å². The van der Waals surface area contributed by atoms with E-state index in [9.17, 15) is 25.5 Å². The van der Waals surface area contributed by atoms with Gasteiger partial charge in [0, 0.05) is 63.5 Å². The summed E-state index contributed by atoms with van der Waals surface area (Å²) in [6, 6.07) is 47.9. The number of nitrogens with two attached hydrogens (primary N) is 3. The van der Waals surface area contributed by atoms with E-state index >= 15 is 0 Å². The highest BCUT2D eigenvalue weighted by Crippen LogP contribution is 2.41. The molecular formula is C86H102N6O5. The van der Waals surface area contributed by atoms with Gasteiger partial charge in [0.05, 0.1) is 17.1 Å². The number of para-hydroxylation sites is 1. The topological polar surface area (TPSA) is 216 Å². The SMILES string of the molecule is CCc1cc(Cc2cc(CC)c(N=C(C)c3ccc(O)cc3O)c(CCCCc3cc(Cc4ccc(N)c(CCCC(C)c5cc(Cc6cc(C(C)C)c(N=Cc7ccccc7O)c(C(C)C)c6)cc(C(C)C)c5N)c4)ccc3N=C(C)c3ccc(O)cc3O)c2)cc(CC)c1N. The molecule has 0 heterocycles. The number of phenols is 5. The third kappa shape index (κ3) is 17.9. The van der Waals surface area contributed by atoms with Crippen LogP contribution < -0.4 is 17.2 Å². The molecule has 0 spiro atoms. The molecule has 0 aliphatic carbocycles. The molecular weight excluding hydrogens is 1200 g/mol. The molecule has 0 aliphatic heterocycles. The fraction of sp³-hybridized carbons (Fsp3) is 0.337. The number of aliphatic imine (C=N–C) groups is 3. The highest BCUT2D eigenvalue weighted by atomic mass is 16.3. The number of anilines is 3. The predicted molar refractivity (Wildman–Crippen MR) is 407 cm³/mol. The third-order valence-corrected chi connectivity index (χ3v) is 19.2. The van der Waals surface area contributed by atoms with Crippen LogP contribution in [0.2, 0.25) is 0 Å². The molecule has 9 aromatic rings. The second-order valence-electron chi connectivity index (χ2n) is 27.6. The zero-order chi connectivity index (χ0) is 69.8. The first-order valence-corrected chi connectivity index (χ1v) is 35.0. The molecule has 11 heteroatoms. The van der Waals surface area contributed by atoms with Gasteiger partial charge >= 0.3 is 0 Å². The lowest BCUT2D eigenvalue weighted by atomic mass is 9.85. The summed E-state index contributed by atoms with van der Waals surface area (Å²) >= 11 is 0. The summed E-state index contributed by atoms with van der Waals surface area (Å²) in [5, 5.41) is 52.7. The van der Waals surface area contributed by atoms with Crippen LogP contribution in [-0.4, -0.2) is 43.2 Å². The number of unbranched alkanes of at least 4 members (excludes halogenated alkanes) is 1. The molecule has 9 rings (SSSR count). The average Bonchev–Trinajstić information content (AvgIpc) is 0.787. The van der Waals surface area contributed by atoms with Crippen molar-refractivity contribution in [2.24, 2.45) is 15.0 Å². The summed E-state index contributed by atoms with van der Waals surface area (Å²) < 4.78 is 0. The largest absolute Gasteiger partial charge is 0.508 e. The fourth-order valence-corrected chi connectivity index (χ4v) is 13.7. The number of nitrogen functional groups attached to an aromatic ring is 3. The van der Waals surface area contributed by atoms with Crippen molar-refractivity contribution in [1.82, 2.24) is 0 Å². The Morgan fingerprint density at radius 1 is 0.412 bits per heavy atom. The average molecular weight is 1300 g/mol. The van der Waals surface area contributed by atoms with Gasteiger partial charge in [-0.25, -0.2) is 0 Å². The summed E-state index contributed by atoms with van der Waals surface area (Å²) in [5.74, 6) is 1.07. The highest BCUT2D eigenvalue weighted by molar-refractivity contribution is 6.03.